The summed E-state index contributed by atoms with van der Waals surface area (Å²) in [4.78, 5) is 22.7. The minimum atomic E-state index is -0.318. The van der Waals surface area contributed by atoms with Gasteiger partial charge in [0.25, 0.3) is 0 Å². The van der Waals surface area contributed by atoms with Crippen LogP contribution in [0.2, 0.25) is 0 Å². The third kappa shape index (κ3) is 7.50. The van der Waals surface area contributed by atoms with Gasteiger partial charge in [-0.1, -0.05) is 19.8 Å². The van der Waals surface area contributed by atoms with Crippen molar-refractivity contribution in [3.8, 4) is 0 Å². The molecule has 0 radical (unpaired) electrons. The Hall–Kier alpha value is -2.22. The van der Waals surface area contributed by atoms with E-state index in [2.05, 4.69) is 30.8 Å². The molecular formula is C19H33N7O. The Balaban J connectivity index is 1.78. The monoisotopic (exact) mass is 375 g/mol. The number of unbranched alkanes of at least 4 members (excludes halogenated alkanes) is 1. The van der Waals surface area contributed by atoms with Crippen LogP contribution < -0.4 is 16.0 Å². The van der Waals surface area contributed by atoms with E-state index in [1.165, 1.54) is 51.3 Å². The van der Waals surface area contributed by atoms with Crippen molar-refractivity contribution in [1.29, 1.82) is 5.41 Å². The second-order valence-corrected chi connectivity index (χ2v) is 6.90. The lowest BCUT2D eigenvalue weighted by Crippen LogP contribution is -2.30. The van der Waals surface area contributed by atoms with Gasteiger partial charge >= 0.3 is 6.03 Å². The molecule has 2 heterocycles. The second kappa shape index (κ2) is 12.2. The standard InChI is InChI=1S/C19H33N7O/c1-2-9-22-19(27)25-18-16(14-20)17(23-15-24-18)21-10-5-8-13-26-11-6-3-4-7-12-26/h14-15,20H,2-13H2,1H3,(H3,21,22,23,24,25,27). The highest BCUT2D eigenvalue weighted by molar-refractivity contribution is 5.97. The summed E-state index contributed by atoms with van der Waals surface area (Å²) in [6.07, 6.45) is 11.0. The van der Waals surface area contributed by atoms with Crippen molar-refractivity contribution in [1.82, 2.24) is 20.2 Å². The van der Waals surface area contributed by atoms with Crippen LogP contribution in [0.3, 0.4) is 0 Å². The van der Waals surface area contributed by atoms with Gasteiger partial charge in [0.15, 0.2) is 0 Å². The fourth-order valence-corrected chi connectivity index (χ4v) is 3.19. The highest BCUT2D eigenvalue weighted by atomic mass is 16.2. The zero-order valence-electron chi connectivity index (χ0n) is 16.4. The van der Waals surface area contributed by atoms with Crippen LogP contribution in [0.4, 0.5) is 16.4 Å². The van der Waals surface area contributed by atoms with Gasteiger partial charge < -0.3 is 20.9 Å². The number of hydrogen-bond acceptors (Lipinski definition) is 6. The Morgan fingerprint density at radius 2 is 1.89 bits per heavy atom. The first-order valence-electron chi connectivity index (χ1n) is 10.1. The molecule has 0 bridgehead atoms. The summed E-state index contributed by atoms with van der Waals surface area (Å²) in [6, 6.07) is -0.318. The number of hydrogen-bond donors (Lipinski definition) is 4. The maximum atomic E-state index is 11.8. The zero-order chi connectivity index (χ0) is 19.3. The average molecular weight is 376 g/mol. The van der Waals surface area contributed by atoms with Crippen LogP contribution >= 0.6 is 0 Å². The molecule has 0 aromatic carbocycles. The Kier molecular flexibility index (Phi) is 9.54. The van der Waals surface area contributed by atoms with Crippen LogP contribution in [0.1, 0.15) is 57.4 Å². The van der Waals surface area contributed by atoms with Gasteiger partial charge in [-0.3, -0.25) is 5.32 Å². The third-order valence-corrected chi connectivity index (χ3v) is 4.69. The van der Waals surface area contributed by atoms with Crippen molar-refractivity contribution in [3.63, 3.8) is 0 Å². The topological polar surface area (TPSA) is 106 Å². The molecule has 1 saturated heterocycles. The molecule has 1 aromatic heterocycles. The largest absolute Gasteiger partial charge is 0.369 e. The molecular weight excluding hydrogens is 342 g/mol. The molecule has 0 aliphatic carbocycles. The molecule has 27 heavy (non-hydrogen) atoms. The van der Waals surface area contributed by atoms with Gasteiger partial charge in [0.2, 0.25) is 0 Å². The SMILES string of the molecule is CCCNC(=O)Nc1ncnc(NCCCCN2CCCCCC2)c1C=N. The van der Waals surface area contributed by atoms with E-state index < -0.39 is 0 Å². The molecule has 8 heteroatoms. The highest BCUT2D eigenvalue weighted by Gasteiger charge is 2.12. The Bertz CT molecular complexity index is 585. The number of urea groups is 1. The summed E-state index contributed by atoms with van der Waals surface area (Å²) in [5.74, 6) is 0.932. The highest BCUT2D eigenvalue weighted by Crippen LogP contribution is 2.17. The first kappa shape index (κ1) is 21.1. The summed E-state index contributed by atoms with van der Waals surface area (Å²) >= 11 is 0. The first-order chi connectivity index (χ1) is 13.2. The smallest absolute Gasteiger partial charge is 0.320 e. The summed E-state index contributed by atoms with van der Waals surface area (Å²) in [5.41, 5.74) is 0.497. The van der Waals surface area contributed by atoms with Crippen LogP contribution in [-0.2, 0) is 0 Å². The number of carbonyl (C=O) groups is 1. The van der Waals surface area contributed by atoms with Crippen molar-refractivity contribution in [3.05, 3.63) is 11.9 Å². The normalized spacial score (nSPS) is 15.0. The van der Waals surface area contributed by atoms with Crippen LogP contribution in [0.25, 0.3) is 0 Å². The van der Waals surface area contributed by atoms with E-state index in [9.17, 15) is 4.79 Å². The number of likely N-dealkylation sites (tertiary alicyclic amines) is 1. The van der Waals surface area contributed by atoms with Gasteiger partial charge in [0, 0.05) is 19.3 Å². The van der Waals surface area contributed by atoms with E-state index in [0.717, 1.165) is 32.4 Å². The summed E-state index contributed by atoms with van der Waals surface area (Å²) in [5, 5.41) is 16.4. The molecule has 0 saturated carbocycles. The Morgan fingerprint density at radius 1 is 1.15 bits per heavy atom. The average Bonchev–Trinajstić information content (AvgIpc) is 2.95. The molecule has 0 unspecified atom stereocenters. The molecule has 2 amide bonds. The quantitative estimate of drug-likeness (QED) is 0.371. The second-order valence-electron chi connectivity index (χ2n) is 6.90. The molecule has 1 aliphatic heterocycles. The van der Waals surface area contributed by atoms with Crippen molar-refractivity contribution >= 4 is 23.9 Å². The summed E-state index contributed by atoms with van der Waals surface area (Å²) in [6.45, 7) is 6.97. The van der Waals surface area contributed by atoms with Crippen LogP contribution in [0.15, 0.2) is 6.33 Å². The molecule has 8 nitrogen and oxygen atoms in total. The molecule has 0 atom stereocenters. The predicted molar refractivity (Wildman–Crippen MR) is 110 cm³/mol. The number of anilines is 2. The molecule has 1 aromatic rings. The third-order valence-electron chi connectivity index (χ3n) is 4.69. The lowest BCUT2D eigenvalue weighted by molar-refractivity contribution is 0.252. The minimum Gasteiger partial charge on any atom is -0.369 e. The zero-order valence-corrected chi connectivity index (χ0v) is 16.4. The lowest BCUT2D eigenvalue weighted by atomic mass is 10.2. The molecule has 1 aliphatic rings. The maximum absolute atomic E-state index is 11.8. The lowest BCUT2D eigenvalue weighted by Gasteiger charge is -2.19. The van der Waals surface area contributed by atoms with E-state index in [4.69, 9.17) is 5.41 Å². The number of nitrogens with zero attached hydrogens (tertiary/aromatic N) is 3. The predicted octanol–water partition coefficient (Wildman–Crippen LogP) is 3.07. The number of nitrogens with one attached hydrogen (secondary N) is 4. The maximum Gasteiger partial charge on any atom is 0.320 e. The molecule has 4 N–H and O–H groups in total. The number of aromatic nitrogens is 2. The first-order valence-corrected chi connectivity index (χ1v) is 10.1. The molecule has 0 spiro atoms. The van der Waals surface area contributed by atoms with Crippen molar-refractivity contribution in [2.75, 3.05) is 43.4 Å². The molecule has 150 valence electrons. The van der Waals surface area contributed by atoms with Gasteiger partial charge in [0.05, 0.1) is 5.56 Å². The van der Waals surface area contributed by atoms with Gasteiger partial charge in [-0.05, 0) is 51.7 Å². The Labute approximate surface area is 162 Å². The Morgan fingerprint density at radius 3 is 2.59 bits per heavy atom. The van der Waals surface area contributed by atoms with E-state index in [1.54, 1.807) is 0 Å². The van der Waals surface area contributed by atoms with E-state index in [1.807, 2.05) is 6.92 Å². The van der Waals surface area contributed by atoms with E-state index in [0.29, 0.717) is 23.7 Å². The van der Waals surface area contributed by atoms with Crippen LogP contribution in [-0.4, -0.2) is 59.8 Å². The summed E-state index contributed by atoms with van der Waals surface area (Å²) in [7, 11) is 0. The number of carbonyl (C=O) groups excluding carboxylic acids is 1. The summed E-state index contributed by atoms with van der Waals surface area (Å²) < 4.78 is 0. The number of amides is 2. The van der Waals surface area contributed by atoms with Crippen LogP contribution in [0, 0.1) is 5.41 Å². The fourth-order valence-electron chi connectivity index (χ4n) is 3.19. The van der Waals surface area contributed by atoms with E-state index >= 15 is 0 Å². The fraction of sp³-hybridized carbons (Fsp3) is 0.684. The minimum absolute atomic E-state index is 0.318. The van der Waals surface area contributed by atoms with E-state index in [-0.39, 0.29) is 6.03 Å². The van der Waals surface area contributed by atoms with Gasteiger partial charge in [-0.2, -0.15) is 0 Å². The molecule has 2 rings (SSSR count). The van der Waals surface area contributed by atoms with Gasteiger partial charge in [-0.15, -0.1) is 0 Å². The van der Waals surface area contributed by atoms with Crippen LogP contribution in [0.5, 0.6) is 0 Å². The molecule has 1 fully saturated rings. The van der Waals surface area contributed by atoms with Crippen molar-refractivity contribution in [2.24, 2.45) is 0 Å². The van der Waals surface area contributed by atoms with Crippen molar-refractivity contribution in [2.45, 2.75) is 51.9 Å². The van der Waals surface area contributed by atoms with Gasteiger partial charge in [-0.25, -0.2) is 14.8 Å². The van der Waals surface area contributed by atoms with Gasteiger partial charge in [0.1, 0.15) is 18.0 Å². The van der Waals surface area contributed by atoms with Crippen molar-refractivity contribution < 1.29 is 4.79 Å². The number of rotatable bonds is 10.